The Kier molecular flexibility index (Phi) is 6.04. The van der Waals surface area contributed by atoms with Gasteiger partial charge in [0.05, 0.1) is 36.4 Å². The second-order valence-electron chi connectivity index (χ2n) is 6.46. The Morgan fingerprint density at radius 1 is 1.14 bits per heavy atom. The molecule has 0 atom stereocenters. The molecule has 0 aliphatic rings. The van der Waals surface area contributed by atoms with E-state index in [1.807, 2.05) is 26.0 Å². The van der Waals surface area contributed by atoms with Crippen LogP contribution in [-0.4, -0.2) is 35.3 Å². The highest BCUT2D eigenvalue weighted by Gasteiger charge is 2.18. The molecule has 0 unspecified atom stereocenters. The molecule has 1 aromatic heterocycles. The number of Topliss-reactive ketones (excluding diaryl/α,β-unsaturated/α-hetero) is 1. The van der Waals surface area contributed by atoms with Gasteiger partial charge >= 0.3 is 0 Å². The number of hydrogen-bond acceptors (Lipinski definition) is 6. The largest absolute Gasteiger partial charge is 0.497 e. The molecule has 0 spiro atoms. The van der Waals surface area contributed by atoms with Crippen LogP contribution in [0.25, 0.3) is 10.9 Å². The van der Waals surface area contributed by atoms with Crippen LogP contribution in [0.3, 0.4) is 0 Å². The Morgan fingerprint density at radius 2 is 1.89 bits per heavy atom. The highest BCUT2D eigenvalue weighted by atomic mass is 32.2. The van der Waals surface area contributed by atoms with Gasteiger partial charge in [-0.2, -0.15) is 0 Å². The number of benzene rings is 2. The van der Waals surface area contributed by atoms with Crippen molar-refractivity contribution in [1.82, 2.24) is 9.55 Å². The van der Waals surface area contributed by atoms with Gasteiger partial charge in [0.2, 0.25) is 0 Å². The van der Waals surface area contributed by atoms with Crippen molar-refractivity contribution in [2.75, 3.05) is 20.0 Å². The fourth-order valence-corrected chi connectivity index (χ4v) is 3.93. The van der Waals surface area contributed by atoms with Crippen molar-refractivity contribution in [3.05, 3.63) is 58.4 Å². The Balaban J connectivity index is 1.92. The first-order valence-corrected chi connectivity index (χ1v) is 9.84. The zero-order valence-electron chi connectivity index (χ0n) is 16.3. The Hall–Kier alpha value is -2.80. The third-order valence-corrected chi connectivity index (χ3v) is 5.29. The van der Waals surface area contributed by atoms with Crippen LogP contribution in [0, 0.1) is 0 Å². The van der Waals surface area contributed by atoms with Gasteiger partial charge in [0.15, 0.2) is 10.9 Å². The second-order valence-corrected chi connectivity index (χ2v) is 7.40. The number of thioether (sulfide) groups is 1. The Bertz CT molecular complexity index is 1080. The van der Waals surface area contributed by atoms with Gasteiger partial charge in [0.1, 0.15) is 11.5 Å². The highest BCUT2D eigenvalue weighted by Crippen LogP contribution is 2.27. The number of hydrogen-bond donors (Lipinski definition) is 0. The summed E-state index contributed by atoms with van der Waals surface area (Å²) in [5.74, 6) is 1.10. The maximum Gasteiger partial charge on any atom is 0.262 e. The summed E-state index contributed by atoms with van der Waals surface area (Å²) in [5, 5.41) is 1.10. The molecule has 0 N–H and O–H groups in total. The third kappa shape index (κ3) is 3.89. The standard InChI is InChI=1S/C21H22N2O4S/c1-13(2)23-20(25)15-7-5-6-8-17(15)22-21(23)28-12-18(24)16-10-9-14(26-3)11-19(16)27-4/h5-11,13H,12H2,1-4H3. The van der Waals surface area contributed by atoms with Crippen LogP contribution in [0.5, 0.6) is 11.5 Å². The fraction of sp³-hybridized carbons (Fsp3) is 0.286. The number of ether oxygens (including phenoxy) is 2. The molecule has 0 fully saturated rings. The molecule has 0 saturated carbocycles. The van der Waals surface area contributed by atoms with Gasteiger partial charge in [-0.25, -0.2) is 4.98 Å². The maximum absolute atomic E-state index is 12.9. The van der Waals surface area contributed by atoms with Gasteiger partial charge in [0, 0.05) is 12.1 Å². The minimum atomic E-state index is -0.109. The Morgan fingerprint density at radius 3 is 2.57 bits per heavy atom. The molecule has 7 heteroatoms. The average Bonchev–Trinajstić information content (AvgIpc) is 2.71. The number of fused-ring (bicyclic) bond motifs is 1. The highest BCUT2D eigenvalue weighted by molar-refractivity contribution is 7.99. The molecule has 0 aliphatic heterocycles. The van der Waals surface area contributed by atoms with Crippen LogP contribution >= 0.6 is 11.8 Å². The third-order valence-electron chi connectivity index (χ3n) is 4.33. The predicted octanol–water partition coefficient (Wildman–Crippen LogP) is 3.97. The number of rotatable bonds is 7. The SMILES string of the molecule is COc1ccc(C(=O)CSc2nc3ccccc3c(=O)n2C(C)C)c(OC)c1. The fourth-order valence-electron chi connectivity index (χ4n) is 2.92. The first kappa shape index (κ1) is 19.9. The Labute approximate surface area is 167 Å². The van der Waals surface area contributed by atoms with E-state index in [4.69, 9.17) is 9.47 Å². The van der Waals surface area contributed by atoms with E-state index in [0.717, 1.165) is 0 Å². The van der Waals surface area contributed by atoms with Gasteiger partial charge in [0.25, 0.3) is 5.56 Å². The van der Waals surface area contributed by atoms with E-state index >= 15 is 0 Å². The minimum Gasteiger partial charge on any atom is -0.497 e. The molecule has 1 heterocycles. The molecule has 0 saturated heterocycles. The molecule has 3 aromatic rings. The van der Waals surface area contributed by atoms with Crippen molar-refractivity contribution >= 4 is 28.4 Å². The average molecular weight is 398 g/mol. The van der Waals surface area contributed by atoms with Crippen LogP contribution in [0.4, 0.5) is 0 Å². The summed E-state index contributed by atoms with van der Waals surface area (Å²) in [7, 11) is 3.07. The number of carbonyl (C=O) groups excluding carboxylic acids is 1. The molecule has 28 heavy (non-hydrogen) atoms. The van der Waals surface area contributed by atoms with Crippen LogP contribution in [-0.2, 0) is 0 Å². The molecule has 0 radical (unpaired) electrons. The van der Waals surface area contributed by atoms with Crippen molar-refractivity contribution in [2.45, 2.75) is 25.0 Å². The normalized spacial score (nSPS) is 11.0. The number of carbonyl (C=O) groups is 1. The van der Waals surface area contributed by atoms with Gasteiger partial charge in [-0.15, -0.1) is 0 Å². The first-order valence-electron chi connectivity index (χ1n) is 8.85. The van der Waals surface area contributed by atoms with E-state index in [1.165, 1.54) is 18.9 Å². The number of para-hydroxylation sites is 1. The summed E-state index contributed by atoms with van der Waals surface area (Å²) in [6.45, 7) is 3.85. The van der Waals surface area contributed by atoms with Crippen molar-refractivity contribution < 1.29 is 14.3 Å². The van der Waals surface area contributed by atoms with Gasteiger partial charge in [-0.05, 0) is 38.1 Å². The lowest BCUT2D eigenvalue weighted by Gasteiger charge is -2.16. The molecule has 146 valence electrons. The van der Waals surface area contributed by atoms with E-state index in [-0.39, 0.29) is 23.1 Å². The molecule has 6 nitrogen and oxygen atoms in total. The number of ketones is 1. The molecule has 2 aromatic carbocycles. The molecular formula is C21H22N2O4S. The smallest absolute Gasteiger partial charge is 0.262 e. The summed E-state index contributed by atoms with van der Waals surface area (Å²) in [4.78, 5) is 30.3. The molecule has 3 rings (SSSR count). The van der Waals surface area contributed by atoms with Crippen molar-refractivity contribution in [1.29, 1.82) is 0 Å². The first-order chi connectivity index (χ1) is 13.5. The lowest BCUT2D eigenvalue weighted by Crippen LogP contribution is -2.25. The summed E-state index contributed by atoms with van der Waals surface area (Å²) in [5.41, 5.74) is 0.994. The van der Waals surface area contributed by atoms with Gasteiger partial charge < -0.3 is 9.47 Å². The molecular weight excluding hydrogens is 376 g/mol. The number of aromatic nitrogens is 2. The predicted molar refractivity (Wildman–Crippen MR) is 111 cm³/mol. The van der Waals surface area contributed by atoms with E-state index < -0.39 is 0 Å². The van der Waals surface area contributed by atoms with Crippen molar-refractivity contribution in [3.8, 4) is 11.5 Å². The van der Waals surface area contributed by atoms with Crippen LogP contribution in [0.15, 0.2) is 52.4 Å². The van der Waals surface area contributed by atoms with Gasteiger partial charge in [-0.3, -0.25) is 14.2 Å². The quantitative estimate of drug-likeness (QED) is 0.341. The summed E-state index contributed by atoms with van der Waals surface area (Å²) < 4.78 is 12.1. The lowest BCUT2D eigenvalue weighted by atomic mass is 10.1. The number of methoxy groups -OCH3 is 2. The molecule has 0 aliphatic carbocycles. The van der Waals surface area contributed by atoms with E-state index in [0.29, 0.717) is 33.1 Å². The summed E-state index contributed by atoms with van der Waals surface area (Å²) in [6, 6.07) is 12.3. The van der Waals surface area contributed by atoms with E-state index in [9.17, 15) is 9.59 Å². The van der Waals surface area contributed by atoms with E-state index in [1.54, 1.807) is 42.0 Å². The van der Waals surface area contributed by atoms with Crippen LogP contribution in [0.2, 0.25) is 0 Å². The zero-order valence-corrected chi connectivity index (χ0v) is 17.1. The van der Waals surface area contributed by atoms with Crippen LogP contribution < -0.4 is 15.0 Å². The summed E-state index contributed by atoms with van der Waals surface area (Å²) >= 11 is 1.25. The summed E-state index contributed by atoms with van der Waals surface area (Å²) in [6.07, 6.45) is 0. The second kappa shape index (κ2) is 8.48. The van der Waals surface area contributed by atoms with Crippen molar-refractivity contribution in [3.63, 3.8) is 0 Å². The minimum absolute atomic E-state index is 0.0715. The van der Waals surface area contributed by atoms with E-state index in [2.05, 4.69) is 4.98 Å². The lowest BCUT2D eigenvalue weighted by molar-refractivity contribution is 0.101. The zero-order chi connectivity index (χ0) is 20.3. The van der Waals surface area contributed by atoms with Crippen LogP contribution in [0.1, 0.15) is 30.2 Å². The number of nitrogens with zero attached hydrogens (tertiary/aromatic N) is 2. The molecule has 0 bridgehead atoms. The topological polar surface area (TPSA) is 70.4 Å². The monoisotopic (exact) mass is 398 g/mol. The molecule has 0 amide bonds. The van der Waals surface area contributed by atoms with Gasteiger partial charge in [-0.1, -0.05) is 23.9 Å². The maximum atomic E-state index is 12.9. The van der Waals surface area contributed by atoms with Crippen molar-refractivity contribution in [2.24, 2.45) is 0 Å².